The molecule has 12 heteroatoms. The van der Waals surface area contributed by atoms with Gasteiger partial charge < -0.3 is 0 Å². The Morgan fingerprint density at radius 1 is 1.12 bits per heavy atom. The zero-order valence-corrected chi connectivity index (χ0v) is 12.7. The van der Waals surface area contributed by atoms with Gasteiger partial charge in [0.05, 0.1) is 27.7 Å². The molecule has 1 heterocycles. The molecule has 3 aromatic rings. The van der Waals surface area contributed by atoms with Crippen molar-refractivity contribution >= 4 is 34.5 Å². The number of non-ortho nitro benzene ring substituents is 2. The fourth-order valence-corrected chi connectivity index (χ4v) is 2.09. The second-order valence-corrected chi connectivity index (χ2v) is 4.93. The fourth-order valence-electron chi connectivity index (χ4n) is 2.09. The quantitative estimate of drug-likeness (QED) is 0.410. The molecular formula is C14H8N6O6. The van der Waals surface area contributed by atoms with Crippen molar-refractivity contribution in [2.75, 3.05) is 0 Å². The maximum Gasteiger partial charge on any atom is 0.277 e. The first-order valence-corrected chi connectivity index (χ1v) is 6.94. The van der Waals surface area contributed by atoms with Gasteiger partial charge in [-0.05, 0) is 16.4 Å². The van der Waals surface area contributed by atoms with E-state index in [0.29, 0.717) is 16.6 Å². The number of hydrogen-bond donors (Lipinski definition) is 1. The van der Waals surface area contributed by atoms with Crippen molar-refractivity contribution in [1.82, 2.24) is 15.7 Å². The number of nitrogens with one attached hydrogen (secondary N) is 1. The lowest BCUT2D eigenvalue weighted by atomic mass is 10.1. The van der Waals surface area contributed by atoms with E-state index in [9.17, 15) is 25.0 Å². The number of hydrazone groups is 1. The van der Waals surface area contributed by atoms with Crippen LogP contribution in [0.3, 0.4) is 0 Å². The standard InChI is InChI=1S/C14H8N6O6/c21-14(9-4-10(19(22)23)6-11(5-9)20(24)25)16-15-7-8-2-1-3-12-13(8)18-26-17-12/h1-7H,(H,16,21). The molecule has 26 heavy (non-hydrogen) atoms. The number of carbonyl (C=O) groups excluding carboxylic acids is 1. The summed E-state index contributed by atoms with van der Waals surface area (Å²) in [6.45, 7) is 0. The summed E-state index contributed by atoms with van der Waals surface area (Å²) in [5, 5.41) is 32.8. The summed E-state index contributed by atoms with van der Waals surface area (Å²) in [6.07, 6.45) is 1.27. The third-order valence-corrected chi connectivity index (χ3v) is 3.27. The van der Waals surface area contributed by atoms with E-state index in [0.717, 1.165) is 18.2 Å². The summed E-state index contributed by atoms with van der Waals surface area (Å²) in [5.41, 5.74) is 2.15. The Bertz CT molecular complexity index is 1030. The second kappa shape index (κ2) is 6.72. The highest BCUT2D eigenvalue weighted by atomic mass is 16.6. The van der Waals surface area contributed by atoms with Crippen LogP contribution in [0.5, 0.6) is 0 Å². The first-order chi connectivity index (χ1) is 12.5. The molecule has 130 valence electrons. The molecule has 0 aliphatic rings. The van der Waals surface area contributed by atoms with Gasteiger partial charge in [-0.1, -0.05) is 12.1 Å². The van der Waals surface area contributed by atoms with Crippen molar-refractivity contribution in [3.05, 3.63) is 67.8 Å². The van der Waals surface area contributed by atoms with Gasteiger partial charge >= 0.3 is 0 Å². The molecule has 1 N–H and O–H groups in total. The summed E-state index contributed by atoms with van der Waals surface area (Å²) < 4.78 is 4.60. The summed E-state index contributed by atoms with van der Waals surface area (Å²) in [4.78, 5) is 32.1. The first kappa shape index (κ1) is 16.6. The molecular weight excluding hydrogens is 348 g/mol. The highest BCUT2D eigenvalue weighted by Crippen LogP contribution is 2.22. The molecule has 12 nitrogen and oxygen atoms in total. The normalized spacial score (nSPS) is 10.9. The van der Waals surface area contributed by atoms with Gasteiger partial charge in [0, 0.05) is 17.7 Å². The second-order valence-electron chi connectivity index (χ2n) is 4.93. The molecule has 0 aliphatic heterocycles. The highest BCUT2D eigenvalue weighted by molar-refractivity contribution is 5.98. The van der Waals surface area contributed by atoms with Crippen molar-refractivity contribution in [1.29, 1.82) is 0 Å². The van der Waals surface area contributed by atoms with E-state index in [1.165, 1.54) is 6.21 Å². The molecule has 0 saturated heterocycles. The molecule has 2 aromatic carbocycles. The molecule has 1 amide bonds. The van der Waals surface area contributed by atoms with Gasteiger partial charge in [-0.3, -0.25) is 25.0 Å². The van der Waals surface area contributed by atoms with Crippen LogP contribution in [-0.2, 0) is 0 Å². The van der Waals surface area contributed by atoms with Crippen LogP contribution < -0.4 is 5.43 Å². The number of carbonyl (C=O) groups is 1. The smallest absolute Gasteiger partial charge is 0.267 e. The Balaban J connectivity index is 1.83. The van der Waals surface area contributed by atoms with Crippen LogP contribution in [0.1, 0.15) is 15.9 Å². The maximum absolute atomic E-state index is 12.1. The van der Waals surface area contributed by atoms with Crippen LogP contribution in [0.25, 0.3) is 11.0 Å². The summed E-state index contributed by atoms with van der Waals surface area (Å²) in [6, 6.07) is 7.60. The van der Waals surface area contributed by atoms with Gasteiger partial charge in [0.2, 0.25) is 0 Å². The predicted octanol–water partition coefficient (Wildman–Crippen LogP) is 1.80. The number of nitrogens with zero attached hydrogens (tertiary/aromatic N) is 5. The lowest BCUT2D eigenvalue weighted by Gasteiger charge is -2.01. The van der Waals surface area contributed by atoms with Crippen molar-refractivity contribution in [3.63, 3.8) is 0 Å². The zero-order valence-electron chi connectivity index (χ0n) is 12.7. The number of amides is 1. The fraction of sp³-hybridized carbons (Fsp3) is 0. The lowest BCUT2D eigenvalue weighted by molar-refractivity contribution is -0.394. The topological polar surface area (TPSA) is 167 Å². The molecule has 0 bridgehead atoms. The number of benzene rings is 2. The molecule has 0 atom stereocenters. The summed E-state index contributed by atoms with van der Waals surface area (Å²) >= 11 is 0. The first-order valence-electron chi connectivity index (χ1n) is 6.94. The van der Waals surface area contributed by atoms with Crippen LogP contribution in [0.2, 0.25) is 0 Å². The van der Waals surface area contributed by atoms with Gasteiger partial charge in [-0.25, -0.2) is 10.1 Å². The molecule has 0 unspecified atom stereocenters. The predicted molar refractivity (Wildman–Crippen MR) is 86.6 cm³/mol. The van der Waals surface area contributed by atoms with Crippen molar-refractivity contribution in [3.8, 4) is 0 Å². The summed E-state index contributed by atoms with van der Waals surface area (Å²) in [7, 11) is 0. The van der Waals surface area contributed by atoms with Gasteiger partial charge in [0.25, 0.3) is 17.3 Å². The molecule has 0 aliphatic carbocycles. The Morgan fingerprint density at radius 3 is 2.46 bits per heavy atom. The van der Waals surface area contributed by atoms with E-state index < -0.39 is 27.1 Å². The Labute approximate surface area is 143 Å². The number of aromatic nitrogens is 2. The van der Waals surface area contributed by atoms with E-state index in [1.807, 2.05) is 0 Å². The number of fused-ring (bicyclic) bond motifs is 1. The van der Waals surface area contributed by atoms with Gasteiger partial charge in [0.1, 0.15) is 11.0 Å². The highest BCUT2D eigenvalue weighted by Gasteiger charge is 2.19. The Hall–Kier alpha value is -4.22. The summed E-state index contributed by atoms with van der Waals surface area (Å²) in [5.74, 6) is -0.849. The van der Waals surface area contributed by atoms with E-state index in [-0.39, 0.29) is 5.56 Å². The minimum absolute atomic E-state index is 0.274. The minimum Gasteiger partial charge on any atom is -0.267 e. The van der Waals surface area contributed by atoms with E-state index in [4.69, 9.17) is 0 Å². The molecule has 3 rings (SSSR count). The van der Waals surface area contributed by atoms with E-state index in [2.05, 4.69) is 25.5 Å². The molecule has 1 aromatic heterocycles. The van der Waals surface area contributed by atoms with Gasteiger partial charge in [-0.15, -0.1) is 0 Å². The number of hydrogen-bond acceptors (Lipinski definition) is 9. The van der Waals surface area contributed by atoms with E-state index in [1.54, 1.807) is 18.2 Å². The largest absolute Gasteiger partial charge is 0.277 e. The molecule has 0 radical (unpaired) electrons. The Morgan fingerprint density at radius 2 is 1.81 bits per heavy atom. The third kappa shape index (κ3) is 3.33. The van der Waals surface area contributed by atoms with Crippen molar-refractivity contribution in [2.24, 2.45) is 5.10 Å². The Kier molecular flexibility index (Phi) is 4.30. The van der Waals surface area contributed by atoms with Crippen LogP contribution in [0, 0.1) is 20.2 Å². The number of rotatable bonds is 5. The minimum atomic E-state index is -0.849. The monoisotopic (exact) mass is 356 g/mol. The SMILES string of the molecule is O=C(NN=Cc1cccc2nonc12)c1cc([N+](=O)[O-])cc([N+](=O)[O-])c1. The third-order valence-electron chi connectivity index (χ3n) is 3.27. The van der Waals surface area contributed by atoms with Crippen LogP contribution >= 0.6 is 0 Å². The van der Waals surface area contributed by atoms with Crippen LogP contribution in [0.4, 0.5) is 11.4 Å². The lowest BCUT2D eigenvalue weighted by Crippen LogP contribution is -2.18. The average molecular weight is 356 g/mol. The maximum atomic E-state index is 12.1. The molecule has 0 fully saturated rings. The van der Waals surface area contributed by atoms with Gasteiger partial charge in [-0.2, -0.15) is 5.10 Å². The van der Waals surface area contributed by atoms with Crippen molar-refractivity contribution in [2.45, 2.75) is 0 Å². The van der Waals surface area contributed by atoms with Gasteiger partial charge in [0.15, 0.2) is 0 Å². The molecule has 0 spiro atoms. The molecule has 0 saturated carbocycles. The average Bonchev–Trinajstić information content (AvgIpc) is 3.10. The van der Waals surface area contributed by atoms with Crippen molar-refractivity contribution < 1.29 is 19.3 Å². The zero-order chi connectivity index (χ0) is 18.7. The van der Waals surface area contributed by atoms with Crippen LogP contribution in [0.15, 0.2) is 46.1 Å². The van der Waals surface area contributed by atoms with Crippen LogP contribution in [-0.4, -0.2) is 32.3 Å². The van der Waals surface area contributed by atoms with E-state index >= 15 is 0 Å². The number of nitro benzene ring substituents is 2. The number of nitro groups is 2.